The molecule has 3 atom stereocenters. The number of nitrogens with one attached hydrogen (secondary N) is 1. The number of unbranched alkanes of at least 4 members (excludes halogenated alkanes) is 6. The van der Waals surface area contributed by atoms with E-state index in [2.05, 4.69) is 41.8 Å². The van der Waals surface area contributed by atoms with Crippen LogP contribution in [-0.2, 0) is 39.1 Å². The van der Waals surface area contributed by atoms with Crippen LogP contribution >= 0.6 is 0 Å². The molecular weight excluding hydrogens is 528 g/mol. The molecule has 0 radical (unpaired) electrons. The Bertz CT molecular complexity index is 1220. The van der Waals surface area contributed by atoms with Crippen LogP contribution in [-0.4, -0.2) is 38.1 Å². The molecule has 1 N–H and O–H groups in total. The molecule has 1 unspecified atom stereocenters. The van der Waals surface area contributed by atoms with Crippen LogP contribution in [0.4, 0.5) is 0 Å². The van der Waals surface area contributed by atoms with Gasteiger partial charge in [-0.15, -0.1) is 0 Å². The predicted molar refractivity (Wildman–Crippen MR) is 165 cm³/mol. The second-order valence-electron chi connectivity index (χ2n) is 11.5. The third-order valence-corrected chi connectivity index (χ3v) is 8.45. The van der Waals surface area contributed by atoms with Crippen molar-refractivity contribution in [1.82, 2.24) is 19.5 Å². The number of imidazole rings is 2. The Morgan fingerprint density at radius 3 is 2.43 bits per heavy atom. The summed E-state index contributed by atoms with van der Waals surface area (Å²) in [5, 5.41) is 0. The number of nitrogens with zero attached hydrogens (tertiary/aromatic N) is 3. The minimum atomic E-state index is -0.404. The predicted octanol–water partition coefficient (Wildman–Crippen LogP) is 7.22. The van der Waals surface area contributed by atoms with Crippen LogP contribution < -0.4 is 0 Å². The van der Waals surface area contributed by atoms with Crippen molar-refractivity contribution < 1.29 is 19.1 Å². The number of aromatic nitrogens is 4. The van der Waals surface area contributed by atoms with Crippen molar-refractivity contribution in [3.63, 3.8) is 0 Å². The largest absolute Gasteiger partial charge is 0.465 e. The van der Waals surface area contributed by atoms with Crippen LogP contribution in [0.3, 0.4) is 0 Å². The van der Waals surface area contributed by atoms with Crippen molar-refractivity contribution in [1.29, 1.82) is 0 Å². The summed E-state index contributed by atoms with van der Waals surface area (Å²) in [6, 6.07) is 6.11. The number of benzene rings is 1. The summed E-state index contributed by atoms with van der Waals surface area (Å²) >= 11 is 0. The molecule has 3 aromatic rings. The Morgan fingerprint density at radius 2 is 1.76 bits per heavy atom. The van der Waals surface area contributed by atoms with Gasteiger partial charge in [0, 0.05) is 49.1 Å². The molecule has 42 heavy (non-hydrogen) atoms. The molecule has 8 heteroatoms. The van der Waals surface area contributed by atoms with E-state index < -0.39 is 5.92 Å². The smallest absolute Gasteiger partial charge is 0.309 e. The molecule has 3 rings (SSSR count). The van der Waals surface area contributed by atoms with Gasteiger partial charge in [0.05, 0.1) is 25.2 Å². The maximum Gasteiger partial charge on any atom is 0.309 e. The van der Waals surface area contributed by atoms with Gasteiger partial charge < -0.3 is 19.0 Å². The zero-order valence-corrected chi connectivity index (χ0v) is 26.2. The SMILES string of the molecule is CCCCCCCCCC(=O)OC[C@H](Cc1cncn1C)C(CC)C(=O)OCc1cccc([C@H](C)c2cnc[nH]2)c1C. The lowest BCUT2D eigenvalue weighted by molar-refractivity contribution is -0.156. The first-order valence-electron chi connectivity index (χ1n) is 15.7. The number of rotatable bonds is 19. The fourth-order valence-electron chi connectivity index (χ4n) is 5.61. The Labute approximate surface area is 251 Å². The van der Waals surface area contributed by atoms with Crippen LogP contribution in [0.5, 0.6) is 0 Å². The van der Waals surface area contributed by atoms with Gasteiger partial charge in [0.15, 0.2) is 0 Å². The topological polar surface area (TPSA) is 99.1 Å². The number of esters is 2. The lowest BCUT2D eigenvalue weighted by Gasteiger charge is -2.25. The number of hydrogen-bond acceptors (Lipinski definition) is 6. The molecule has 8 nitrogen and oxygen atoms in total. The van der Waals surface area contributed by atoms with Crippen molar-refractivity contribution in [2.24, 2.45) is 18.9 Å². The zero-order valence-electron chi connectivity index (χ0n) is 26.2. The van der Waals surface area contributed by atoms with Crippen LogP contribution in [0.25, 0.3) is 0 Å². The molecule has 0 aliphatic rings. The van der Waals surface area contributed by atoms with E-state index in [1.807, 2.05) is 36.9 Å². The minimum absolute atomic E-state index is 0.144. The molecule has 0 spiro atoms. The molecule has 0 amide bonds. The Hall–Kier alpha value is -3.42. The van der Waals surface area contributed by atoms with Gasteiger partial charge in [-0.3, -0.25) is 9.59 Å². The molecule has 2 heterocycles. The van der Waals surface area contributed by atoms with E-state index in [1.54, 1.807) is 18.9 Å². The van der Waals surface area contributed by atoms with E-state index in [9.17, 15) is 9.59 Å². The van der Waals surface area contributed by atoms with E-state index in [0.29, 0.717) is 19.3 Å². The van der Waals surface area contributed by atoms with E-state index in [0.717, 1.165) is 41.8 Å². The summed E-state index contributed by atoms with van der Waals surface area (Å²) in [7, 11) is 1.94. The number of carbonyl (C=O) groups excluding carboxylic acids is 2. The standard InChI is InChI=1S/C34H50N4O4/c1-6-8-9-10-11-12-13-17-33(39)41-22-28(18-29-19-36-24-38(29)5)30(7-2)34(40)42-21-27-15-14-16-31(25(27)3)26(4)32-20-35-23-37-32/h14-16,19-20,23-24,26,28,30H,6-13,17-18,21-22H2,1-5H3,(H,35,37)/t26-,28-,30?/m0/s1. The van der Waals surface area contributed by atoms with Gasteiger partial charge >= 0.3 is 11.9 Å². The highest BCUT2D eigenvalue weighted by atomic mass is 16.5. The molecule has 0 bridgehead atoms. The maximum atomic E-state index is 13.5. The monoisotopic (exact) mass is 578 g/mol. The van der Waals surface area contributed by atoms with Gasteiger partial charge in [0.25, 0.3) is 0 Å². The first-order valence-corrected chi connectivity index (χ1v) is 15.7. The minimum Gasteiger partial charge on any atom is -0.465 e. The van der Waals surface area contributed by atoms with E-state index in [-0.39, 0.29) is 37.0 Å². The molecule has 0 fully saturated rings. The Balaban J connectivity index is 1.61. The van der Waals surface area contributed by atoms with Gasteiger partial charge in [-0.2, -0.15) is 0 Å². The highest BCUT2D eigenvalue weighted by Crippen LogP contribution is 2.28. The van der Waals surface area contributed by atoms with Gasteiger partial charge in [-0.25, -0.2) is 9.97 Å². The number of aryl methyl sites for hydroxylation is 1. The summed E-state index contributed by atoms with van der Waals surface area (Å²) in [6.45, 7) is 8.78. The second-order valence-corrected chi connectivity index (χ2v) is 11.5. The van der Waals surface area contributed by atoms with Crippen LogP contribution in [0.1, 0.15) is 113 Å². The van der Waals surface area contributed by atoms with Crippen LogP contribution in [0, 0.1) is 18.8 Å². The van der Waals surface area contributed by atoms with Gasteiger partial charge in [-0.05, 0) is 42.9 Å². The Morgan fingerprint density at radius 1 is 1.00 bits per heavy atom. The van der Waals surface area contributed by atoms with Gasteiger partial charge in [0.1, 0.15) is 6.61 Å². The second kappa shape index (κ2) is 17.5. The van der Waals surface area contributed by atoms with Crippen molar-refractivity contribution in [3.8, 4) is 0 Å². The number of carbonyl (C=O) groups is 2. The third-order valence-electron chi connectivity index (χ3n) is 8.45. The van der Waals surface area contributed by atoms with Crippen molar-refractivity contribution >= 4 is 11.9 Å². The first-order chi connectivity index (χ1) is 20.3. The van der Waals surface area contributed by atoms with Gasteiger partial charge in [0.2, 0.25) is 0 Å². The summed E-state index contributed by atoms with van der Waals surface area (Å²) in [5.74, 6) is -0.923. The lowest BCUT2D eigenvalue weighted by Crippen LogP contribution is -2.31. The summed E-state index contributed by atoms with van der Waals surface area (Å²) in [6.07, 6.45) is 16.7. The van der Waals surface area contributed by atoms with E-state index >= 15 is 0 Å². The van der Waals surface area contributed by atoms with Crippen molar-refractivity contribution in [2.75, 3.05) is 6.61 Å². The van der Waals surface area contributed by atoms with Crippen molar-refractivity contribution in [2.45, 2.75) is 104 Å². The highest BCUT2D eigenvalue weighted by molar-refractivity contribution is 5.73. The number of ether oxygens (including phenoxy) is 2. The lowest BCUT2D eigenvalue weighted by atomic mass is 9.87. The highest BCUT2D eigenvalue weighted by Gasteiger charge is 2.30. The zero-order chi connectivity index (χ0) is 30.3. The molecule has 0 aliphatic carbocycles. The van der Waals surface area contributed by atoms with Crippen LogP contribution in [0.2, 0.25) is 0 Å². The molecular formula is C34H50N4O4. The summed E-state index contributed by atoms with van der Waals surface area (Å²) in [5.41, 5.74) is 5.28. The van der Waals surface area contributed by atoms with Crippen molar-refractivity contribution in [3.05, 3.63) is 71.3 Å². The number of H-pyrrole nitrogens is 1. The quantitative estimate of drug-likeness (QED) is 0.119. The Kier molecular flexibility index (Phi) is 13.8. The molecule has 0 saturated carbocycles. The van der Waals surface area contributed by atoms with Gasteiger partial charge in [-0.1, -0.05) is 77.5 Å². The maximum absolute atomic E-state index is 13.5. The average molecular weight is 579 g/mol. The summed E-state index contributed by atoms with van der Waals surface area (Å²) in [4.78, 5) is 37.7. The molecule has 2 aromatic heterocycles. The summed E-state index contributed by atoms with van der Waals surface area (Å²) < 4.78 is 13.6. The normalized spacial score (nSPS) is 13.5. The fourth-order valence-corrected chi connectivity index (χ4v) is 5.61. The molecule has 0 saturated heterocycles. The van der Waals surface area contributed by atoms with E-state index in [4.69, 9.17) is 9.47 Å². The molecule has 1 aromatic carbocycles. The fraction of sp³-hybridized carbons (Fsp3) is 0.588. The molecule has 230 valence electrons. The third kappa shape index (κ3) is 9.85. The van der Waals surface area contributed by atoms with Crippen LogP contribution in [0.15, 0.2) is 43.2 Å². The average Bonchev–Trinajstić information content (AvgIpc) is 3.67. The molecule has 0 aliphatic heterocycles. The first kappa shape index (κ1) is 33.1. The van der Waals surface area contributed by atoms with E-state index in [1.165, 1.54) is 31.2 Å². The number of hydrogen-bond donors (Lipinski definition) is 1. The number of aromatic amines is 1.